The first-order valence-corrected chi connectivity index (χ1v) is 5.07. The molecule has 8 nitrogen and oxygen atoms in total. The van der Waals surface area contributed by atoms with Crippen LogP contribution in [0.4, 0.5) is 0 Å². The van der Waals surface area contributed by atoms with E-state index in [1.165, 1.54) is 13.8 Å². The number of rotatable bonds is 4. The third-order valence-electron chi connectivity index (χ3n) is 2.15. The summed E-state index contributed by atoms with van der Waals surface area (Å²) in [7, 11) is 0. The van der Waals surface area contributed by atoms with Crippen LogP contribution < -0.4 is 16.6 Å². The molecule has 0 radical (unpaired) electrons. The molecule has 8 heteroatoms. The van der Waals surface area contributed by atoms with Gasteiger partial charge in [-0.1, -0.05) is 0 Å². The summed E-state index contributed by atoms with van der Waals surface area (Å²) in [6.45, 7) is 2.65. The number of nitrogens with one attached hydrogen (secondary N) is 3. The first kappa shape index (κ1) is 13.7. The predicted molar refractivity (Wildman–Crippen MR) is 61.2 cm³/mol. The molecule has 98 valence electrons. The summed E-state index contributed by atoms with van der Waals surface area (Å²) < 4.78 is 0. The van der Waals surface area contributed by atoms with Crippen molar-refractivity contribution >= 4 is 11.9 Å². The molecule has 1 heterocycles. The van der Waals surface area contributed by atoms with Gasteiger partial charge in [0.25, 0.3) is 5.56 Å². The Morgan fingerprint density at radius 1 is 1.33 bits per heavy atom. The molecule has 0 saturated carbocycles. The van der Waals surface area contributed by atoms with E-state index in [4.69, 9.17) is 5.11 Å². The van der Waals surface area contributed by atoms with Crippen molar-refractivity contribution in [3.8, 4) is 0 Å². The van der Waals surface area contributed by atoms with Crippen molar-refractivity contribution in [3.05, 3.63) is 32.6 Å². The maximum atomic E-state index is 11.5. The zero-order chi connectivity index (χ0) is 13.9. The zero-order valence-electron chi connectivity index (χ0n) is 9.86. The van der Waals surface area contributed by atoms with Gasteiger partial charge in [0.1, 0.15) is 5.54 Å². The molecule has 18 heavy (non-hydrogen) atoms. The van der Waals surface area contributed by atoms with Crippen LogP contribution in [0, 0.1) is 0 Å². The number of carboxylic acids is 1. The summed E-state index contributed by atoms with van der Waals surface area (Å²) in [5, 5.41) is 11.1. The number of aromatic amines is 2. The maximum Gasteiger partial charge on any atom is 0.328 e. The maximum absolute atomic E-state index is 11.5. The van der Waals surface area contributed by atoms with E-state index in [2.05, 4.69) is 10.3 Å². The molecule has 4 N–H and O–H groups in total. The second-order valence-corrected chi connectivity index (χ2v) is 4.27. The highest BCUT2D eigenvalue weighted by Crippen LogP contribution is 2.02. The molecule has 1 amide bonds. The molecular weight excluding hydrogens is 242 g/mol. The third-order valence-corrected chi connectivity index (χ3v) is 2.15. The summed E-state index contributed by atoms with van der Waals surface area (Å²) in [6.07, 6.45) is -0.282. The molecule has 0 unspecified atom stereocenters. The van der Waals surface area contributed by atoms with Gasteiger partial charge in [-0.2, -0.15) is 0 Å². The second kappa shape index (κ2) is 4.86. The molecule has 0 bridgehead atoms. The number of carboxylic acid groups (broad SMARTS) is 1. The minimum Gasteiger partial charge on any atom is -0.480 e. The number of carbonyl (C=O) groups excluding carboxylic acids is 1. The number of aliphatic carboxylic acids is 1. The average molecular weight is 255 g/mol. The lowest BCUT2D eigenvalue weighted by molar-refractivity contribution is -0.145. The lowest BCUT2D eigenvalue weighted by Gasteiger charge is -2.20. The van der Waals surface area contributed by atoms with Gasteiger partial charge < -0.3 is 15.4 Å². The molecule has 1 aromatic rings. The first-order valence-electron chi connectivity index (χ1n) is 5.07. The van der Waals surface area contributed by atoms with Crippen LogP contribution in [0.1, 0.15) is 19.5 Å². The van der Waals surface area contributed by atoms with E-state index in [0.29, 0.717) is 0 Å². The normalized spacial score (nSPS) is 11.0. The van der Waals surface area contributed by atoms with E-state index in [-0.39, 0.29) is 12.1 Å². The van der Waals surface area contributed by atoms with Crippen LogP contribution in [-0.2, 0) is 16.0 Å². The fraction of sp³-hybridized carbons (Fsp3) is 0.400. The summed E-state index contributed by atoms with van der Waals surface area (Å²) >= 11 is 0. The minimum absolute atomic E-state index is 0.113. The molecule has 0 fully saturated rings. The van der Waals surface area contributed by atoms with Crippen molar-refractivity contribution < 1.29 is 14.7 Å². The van der Waals surface area contributed by atoms with Crippen LogP contribution in [0.25, 0.3) is 0 Å². The fourth-order valence-electron chi connectivity index (χ4n) is 1.23. The lowest BCUT2D eigenvalue weighted by atomic mass is 10.1. The molecule has 0 atom stereocenters. The predicted octanol–water partition coefficient (Wildman–Crippen LogP) is -1.41. The number of carbonyl (C=O) groups is 2. The van der Waals surface area contributed by atoms with Gasteiger partial charge in [0.15, 0.2) is 0 Å². The van der Waals surface area contributed by atoms with E-state index in [1.54, 1.807) is 0 Å². The van der Waals surface area contributed by atoms with Crippen molar-refractivity contribution in [3.63, 3.8) is 0 Å². The largest absolute Gasteiger partial charge is 0.480 e. The van der Waals surface area contributed by atoms with Crippen LogP contribution in [0.5, 0.6) is 0 Å². The Labute approximate surface area is 101 Å². The van der Waals surface area contributed by atoms with Crippen LogP contribution in [0.3, 0.4) is 0 Å². The Balaban J connectivity index is 2.80. The highest BCUT2D eigenvalue weighted by atomic mass is 16.4. The molecule has 0 spiro atoms. The van der Waals surface area contributed by atoms with Gasteiger partial charge >= 0.3 is 11.7 Å². The summed E-state index contributed by atoms with van der Waals surface area (Å²) in [5.41, 5.74) is -2.65. The SMILES string of the molecule is CC(C)(NC(=O)Cc1cc(=O)[nH]c(=O)[nH]1)C(=O)O. The average Bonchev–Trinajstić information content (AvgIpc) is 2.13. The van der Waals surface area contributed by atoms with Gasteiger partial charge in [0.05, 0.1) is 6.42 Å². The highest BCUT2D eigenvalue weighted by Gasteiger charge is 2.28. The molecular formula is C10H13N3O5. The van der Waals surface area contributed by atoms with Crippen LogP contribution >= 0.6 is 0 Å². The van der Waals surface area contributed by atoms with Crippen LogP contribution in [-0.4, -0.2) is 32.5 Å². The van der Waals surface area contributed by atoms with Gasteiger partial charge in [0.2, 0.25) is 5.91 Å². The molecule has 0 aliphatic heterocycles. The van der Waals surface area contributed by atoms with E-state index < -0.39 is 28.7 Å². The van der Waals surface area contributed by atoms with Gasteiger partial charge in [-0.25, -0.2) is 9.59 Å². The molecule has 1 rings (SSSR count). The Bertz CT molecular complexity index is 555. The second-order valence-electron chi connectivity index (χ2n) is 4.27. The monoisotopic (exact) mass is 255 g/mol. The third kappa shape index (κ3) is 3.58. The van der Waals surface area contributed by atoms with E-state index in [9.17, 15) is 19.2 Å². The van der Waals surface area contributed by atoms with Crippen molar-refractivity contribution in [1.82, 2.24) is 15.3 Å². The van der Waals surface area contributed by atoms with E-state index in [0.717, 1.165) is 6.07 Å². The quantitative estimate of drug-likeness (QED) is 0.524. The molecule has 0 aromatic carbocycles. The minimum atomic E-state index is -1.42. The Hall–Kier alpha value is -2.38. The molecule has 0 aliphatic carbocycles. The standard InChI is InChI=1S/C10H13N3O5/c1-10(2,8(16)17)13-7(15)4-5-3-6(14)12-9(18)11-5/h3H,4H2,1-2H3,(H,13,15)(H,16,17)(H2,11,12,14,18). The Kier molecular flexibility index (Phi) is 3.70. The summed E-state index contributed by atoms with van der Waals surface area (Å²) in [5.74, 6) is -1.79. The molecule has 0 aliphatic rings. The Morgan fingerprint density at radius 3 is 2.44 bits per heavy atom. The number of amides is 1. The van der Waals surface area contributed by atoms with Gasteiger partial charge in [-0.05, 0) is 13.8 Å². The summed E-state index contributed by atoms with van der Waals surface area (Å²) in [6, 6.07) is 1.06. The van der Waals surface area contributed by atoms with Gasteiger partial charge in [-0.15, -0.1) is 0 Å². The fourth-order valence-corrected chi connectivity index (χ4v) is 1.23. The van der Waals surface area contributed by atoms with E-state index >= 15 is 0 Å². The van der Waals surface area contributed by atoms with Crippen molar-refractivity contribution in [2.45, 2.75) is 25.8 Å². The number of hydrogen-bond donors (Lipinski definition) is 4. The van der Waals surface area contributed by atoms with Crippen LogP contribution in [0.15, 0.2) is 15.7 Å². The number of H-pyrrole nitrogens is 2. The Morgan fingerprint density at radius 2 is 1.94 bits per heavy atom. The molecule has 0 saturated heterocycles. The summed E-state index contributed by atoms with van der Waals surface area (Å²) in [4.78, 5) is 48.5. The first-order chi connectivity index (χ1) is 8.20. The number of hydrogen-bond acceptors (Lipinski definition) is 4. The zero-order valence-corrected chi connectivity index (χ0v) is 9.86. The topological polar surface area (TPSA) is 132 Å². The molecule has 1 aromatic heterocycles. The van der Waals surface area contributed by atoms with Gasteiger partial charge in [0, 0.05) is 11.8 Å². The van der Waals surface area contributed by atoms with Gasteiger partial charge in [-0.3, -0.25) is 14.6 Å². The van der Waals surface area contributed by atoms with Crippen molar-refractivity contribution in [2.24, 2.45) is 0 Å². The smallest absolute Gasteiger partial charge is 0.328 e. The van der Waals surface area contributed by atoms with Crippen molar-refractivity contribution in [2.75, 3.05) is 0 Å². The van der Waals surface area contributed by atoms with Crippen molar-refractivity contribution in [1.29, 1.82) is 0 Å². The number of aromatic nitrogens is 2. The highest BCUT2D eigenvalue weighted by molar-refractivity contribution is 5.87. The lowest BCUT2D eigenvalue weighted by Crippen LogP contribution is -2.50. The van der Waals surface area contributed by atoms with Crippen LogP contribution in [0.2, 0.25) is 0 Å². The van der Waals surface area contributed by atoms with E-state index in [1.807, 2.05) is 4.98 Å².